The minimum atomic E-state index is -0.280. The van der Waals surface area contributed by atoms with Gasteiger partial charge in [-0.1, -0.05) is 6.92 Å². The van der Waals surface area contributed by atoms with Crippen molar-refractivity contribution in [2.75, 3.05) is 0 Å². The largest absolute Gasteiger partial charge is 0.490 e. The van der Waals surface area contributed by atoms with Crippen LogP contribution in [0.1, 0.15) is 25.8 Å². The third-order valence-corrected chi connectivity index (χ3v) is 2.36. The van der Waals surface area contributed by atoms with E-state index in [1.807, 2.05) is 13.8 Å². The summed E-state index contributed by atoms with van der Waals surface area (Å²) in [5, 5.41) is 0. The van der Waals surface area contributed by atoms with Gasteiger partial charge in [-0.25, -0.2) is 4.39 Å². The Morgan fingerprint density at radius 2 is 2.21 bits per heavy atom. The smallest absolute Gasteiger partial charge is 0.124 e. The third kappa shape index (κ3) is 2.88. The maximum absolute atomic E-state index is 12.8. The van der Waals surface area contributed by atoms with Crippen molar-refractivity contribution in [2.24, 2.45) is 0 Å². The number of rotatable bonds is 4. The van der Waals surface area contributed by atoms with Gasteiger partial charge < -0.3 is 4.74 Å². The molecular weight excluding hydrogens is 203 g/mol. The van der Waals surface area contributed by atoms with Gasteiger partial charge in [-0.05, 0) is 31.5 Å². The molecule has 1 atom stereocenters. The van der Waals surface area contributed by atoms with Crippen LogP contribution in [0.3, 0.4) is 0 Å². The quantitative estimate of drug-likeness (QED) is 0.697. The molecule has 0 bridgehead atoms. The lowest BCUT2D eigenvalue weighted by atomic mass is 10.2. The topological polar surface area (TPSA) is 9.23 Å². The molecule has 1 aromatic carbocycles. The molecule has 78 valence electrons. The van der Waals surface area contributed by atoms with Gasteiger partial charge in [0.15, 0.2) is 0 Å². The average Bonchev–Trinajstić information content (AvgIpc) is 2.20. The summed E-state index contributed by atoms with van der Waals surface area (Å²) < 4.78 is 18.4. The number of halogens is 2. The SMILES string of the molecule is CCC(C)Oc1ccc(F)cc1CCl. The van der Waals surface area contributed by atoms with Gasteiger partial charge in [-0.2, -0.15) is 0 Å². The highest BCUT2D eigenvalue weighted by Gasteiger charge is 2.07. The number of ether oxygens (including phenoxy) is 1. The zero-order valence-electron chi connectivity index (χ0n) is 8.39. The number of alkyl halides is 1. The molecule has 0 fully saturated rings. The molecule has 0 spiro atoms. The maximum atomic E-state index is 12.8. The summed E-state index contributed by atoms with van der Waals surface area (Å²) in [6.07, 6.45) is 1.04. The summed E-state index contributed by atoms with van der Waals surface area (Å²) in [6.45, 7) is 4.01. The van der Waals surface area contributed by atoms with Crippen LogP contribution in [0.15, 0.2) is 18.2 Å². The summed E-state index contributed by atoms with van der Waals surface area (Å²) in [7, 11) is 0. The molecule has 14 heavy (non-hydrogen) atoms. The lowest BCUT2D eigenvalue weighted by molar-refractivity contribution is 0.215. The van der Waals surface area contributed by atoms with Crippen LogP contribution in [0.25, 0.3) is 0 Å². The van der Waals surface area contributed by atoms with Crippen LogP contribution in [0.5, 0.6) is 5.75 Å². The molecule has 1 unspecified atom stereocenters. The highest BCUT2D eigenvalue weighted by Crippen LogP contribution is 2.23. The van der Waals surface area contributed by atoms with E-state index in [2.05, 4.69) is 0 Å². The van der Waals surface area contributed by atoms with E-state index in [-0.39, 0.29) is 17.8 Å². The van der Waals surface area contributed by atoms with Crippen molar-refractivity contribution in [2.45, 2.75) is 32.3 Å². The molecular formula is C11H14ClFO. The maximum Gasteiger partial charge on any atom is 0.124 e. The molecule has 0 saturated heterocycles. The van der Waals surface area contributed by atoms with Crippen LogP contribution in [0, 0.1) is 5.82 Å². The molecule has 0 heterocycles. The van der Waals surface area contributed by atoms with Crippen molar-refractivity contribution in [3.63, 3.8) is 0 Å². The van der Waals surface area contributed by atoms with Gasteiger partial charge in [0.05, 0.1) is 12.0 Å². The second-order valence-electron chi connectivity index (χ2n) is 3.22. The molecule has 0 aromatic heterocycles. The Kier molecular flexibility index (Phi) is 4.21. The highest BCUT2D eigenvalue weighted by atomic mass is 35.5. The zero-order valence-corrected chi connectivity index (χ0v) is 9.14. The minimum absolute atomic E-state index is 0.127. The third-order valence-electron chi connectivity index (χ3n) is 2.07. The van der Waals surface area contributed by atoms with Gasteiger partial charge in [0, 0.05) is 5.56 Å². The lowest BCUT2D eigenvalue weighted by Gasteiger charge is -2.15. The second-order valence-corrected chi connectivity index (χ2v) is 3.49. The Labute approximate surface area is 88.8 Å². The van der Waals surface area contributed by atoms with Crippen LogP contribution in [-0.2, 0) is 5.88 Å². The molecule has 1 nitrogen and oxygen atoms in total. The van der Waals surface area contributed by atoms with E-state index >= 15 is 0 Å². The molecule has 0 amide bonds. The van der Waals surface area contributed by atoms with Crippen LogP contribution < -0.4 is 4.74 Å². The summed E-state index contributed by atoms with van der Waals surface area (Å²) in [5.74, 6) is 0.664. The average molecular weight is 217 g/mol. The van der Waals surface area contributed by atoms with E-state index in [0.717, 1.165) is 6.42 Å². The lowest BCUT2D eigenvalue weighted by Crippen LogP contribution is -2.10. The van der Waals surface area contributed by atoms with Gasteiger partial charge in [-0.15, -0.1) is 11.6 Å². The predicted molar refractivity (Wildman–Crippen MR) is 56.3 cm³/mol. The number of hydrogen-bond acceptors (Lipinski definition) is 1. The van der Waals surface area contributed by atoms with Gasteiger partial charge in [0.1, 0.15) is 11.6 Å². The molecule has 0 N–H and O–H groups in total. The Morgan fingerprint density at radius 3 is 2.79 bits per heavy atom. The number of benzene rings is 1. The van der Waals surface area contributed by atoms with E-state index in [4.69, 9.17) is 16.3 Å². The standard InChI is InChI=1S/C11H14ClFO/c1-3-8(2)14-11-5-4-10(13)6-9(11)7-12/h4-6,8H,3,7H2,1-2H3. The van der Waals surface area contributed by atoms with Crippen LogP contribution in [0.4, 0.5) is 4.39 Å². The van der Waals surface area contributed by atoms with Crippen molar-refractivity contribution in [3.8, 4) is 5.75 Å². The van der Waals surface area contributed by atoms with Crippen LogP contribution in [-0.4, -0.2) is 6.10 Å². The molecule has 3 heteroatoms. The molecule has 0 aliphatic carbocycles. The fourth-order valence-electron chi connectivity index (χ4n) is 1.07. The van der Waals surface area contributed by atoms with E-state index in [9.17, 15) is 4.39 Å². The van der Waals surface area contributed by atoms with Gasteiger partial charge in [0.25, 0.3) is 0 Å². The van der Waals surface area contributed by atoms with E-state index in [1.54, 1.807) is 6.07 Å². The first-order valence-corrected chi connectivity index (χ1v) is 5.21. The summed E-state index contributed by atoms with van der Waals surface area (Å²) >= 11 is 5.68. The number of hydrogen-bond donors (Lipinski definition) is 0. The first-order valence-electron chi connectivity index (χ1n) is 4.68. The molecule has 1 aromatic rings. The van der Waals surface area contributed by atoms with Gasteiger partial charge >= 0.3 is 0 Å². The summed E-state index contributed by atoms with van der Waals surface area (Å²) in [6, 6.07) is 4.41. The minimum Gasteiger partial charge on any atom is -0.490 e. The van der Waals surface area contributed by atoms with E-state index < -0.39 is 0 Å². The fourth-order valence-corrected chi connectivity index (χ4v) is 1.28. The Bertz CT molecular complexity index is 301. The Hall–Kier alpha value is -0.760. The molecule has 1 rings (SSSR count). The Balaban J connectivity index is 2.85. The van der Waals surface area contributed by atoms with E-state index in [1.165, 1.54) is 12.1 Å². The van der Waals surface area contributed by atoms with Crippen LogP contribution in [0.2, 0.25) is 0 Å². The zero-order chi connectivity index (χ0) is 10.6. The molecule has 0 saturated carbocycles. The first kappa shape index (κ1) is 11.3. The van der Waals surface area contributed by atoms with Crippen molar-refractivity contribution >= 4 is 11.6 Å². The van der Waals surface area contributed by atoms with Crippen molar-refractivity contribution < 1.29 is 9.13 Å². The normalized spacial score (nSPS) is 12.6. The Morgan fingerprint density at radius 1 is 1.50 bits per heavy atom. The van der Waals surface area contributed by atoms with Gasteiger partial charge in [-0.3, -0.25) is 0 Å². The van der Waals surface area contributed by atoms with Gasteiger partial charge in [0.2, 0.25) is 0 Å². The summed E-state index contributed by atoms with van der Waals surface area (Å²) in [4.78, 5) is 0. The van der Waals surface area contributed by atoms with Crippen LogP contribution >= 0.6 is 11.6 Å². The van der Waals surface area contributed by atoms with Crippen molar-refractivity contribution in [3.05, 3.63) is 29.6 Å². The fraction of sp³-hybridized carbons (Fsp3) is 0.455. The summed E-state index contributed by atoms with van der Waals surface area (Å²) in [5.41, 5.74) is 0.701. The predicted octanol–water partition coefficient (Wildman–Crippen LogP) is 3.74. The van der Waals surface area contributed by atoms with E-state index in [0.29, 0.717) is 11.3 Å². The van der Waals surface area contributed by atoms with Crippen molar-refractivity contribution in [1.29, 1.82) is 0 Å². The molecule has 0 aliphatic heterocycles. The highest BCUT2D eigenvalue weighted by molar-refractivity contribution is 6.17. The molecule has 0 radical (unpaired) electrons. The monoisotopic (exact) mass is 216 g/mol. The second kappa shape index (κ2) is 5.20. The molecule has 0 aliphatic rings. The first-order chi connectivity index (χ1) is 6.67. The van der Waals surface area contributed by atoms with Crippen molar-refractivity contribution in [1.82, 2.24) is 0 Å².